The van der Waals surface area contributed by atoms with Crippen molar-refractivity contribution in [3.05, 3.63) is 79.1 Å². The summed E-state index contributed by atoms with van der Waals surface area (Å²) in [5.41, 5.74) is 0.824. The van der Waals surface area contributed by atoms with E-state index in [-0.39, 0.29) is 22.6 Å². The van der Waals surface area contributed by atoms with Crippen LogP contribution < -0.4 is 20.6 Å². The average Bonchev–Trinajstić information content (AvgIpc) is 2.77. The second-order valence-corrected chi connectivity index (χ2v) is 7.82. The van der Waals surface area contributed by atoms with Crippen molar-refractivity contribution in [1.82, 2.24) is 9.13 Å². The van der Waals surface area contributed by atoms with Crippen molar-refractivity contribution in [3.63, 3.8) is 0 Å². The van der Waals surface area contributed by atoms with Crippen molar-refractivity contribution in [2.45, 2.75) is 46.7 Å². The molecule has 0 aliphatic rings. The minimum atomic E-state index is -1.04. The number of aromatic hydroxyl groups is 2. The number of aromatic nitrogens is 2. The van der Waals surface area contributed by atoms with Gasteiger partial charge in [-0.15, -0.1) is 0 Å². The van der Waals surface area contributed by atoms with Gasteiger partial charge in [-0.25, -0.2) is 0 Å². The highest BCUT2D eigenvalue weighted by Crippen LogP contribution is 2.40. The summed E-state index contributed by atoms with van der Waals surface area (Å²) in [4.78, 5) is 27.0. The Bertz CT molecular complexity index is 1230. The third-order valence-corrected chi connectivity index (χ3v) is 6.00. The van der Waals surface area contributed by atoms with E-state index in [1.165, 1.54) is 35.5 Å². The van der Waals surface area contributed by atoms with Gasteiger partial charge in [-0.3, -0.25) is 9.59 Å². The molecule has 8 nitrogen and oxygen atoms in total. The standard InChI is InChI=1S/C25H30N2O6/c1-7-26-14(3)11-17(28)22(24(26)30)21(16-9-10-19(32-5)20(13-16)33-6)23-18(29)12-15(4)27(8-2)25(23)31/h9-13,21,28-29H,7-8H2,1-6H3. The summed E-state index contributed by atoms with van der Waals surface area (Å²) < 4.78 is 13.8. The van der Waals surface area contributed by atoms with Crippen LogP contribution >= 0.6 is 0 Å². The maximum Gasteiger partial charge on any atom is 0.258 e. The van der Waals surface area contributed by atoms with Crippen LogP contribution in [0.3, 0.4) is 0 Å². The molecular weight excluding hydrogens is 424 g/mol. The minimum Gasteiger partial charge on any atom is -0.507 e. The zero-order valence-electron chi connectivity index (χ0n) is 19.8. The maximum atomic E-state index is 13.5. The molecule has 2 aromatic heterocycles. The first kappa shape index (κ1) is 24.0. The molecule has 176 valence electrons. The molecule has 8 heteroatoms. The predicted octanol–water partition coefficient (Wildman–Crippen LogP) is 3.28. The zero-order valence-corrected chi connectivity index (χ0v) is 19.8. The van der Waals surface area contributed by atoms with E-state index in [4.69, 9.17) is 9.47 Å². The fraction of sp³-hybridized carbons (Fsp3) is 0.360. The van der Waals surface area contributed by atoms with Gasteiger partial charge < -0.3 is 28.8 Å². The smallest absolute Gasteiger partial charge is 0.258 e. The molecule has 0 amide bonds. The van der Waals surface area contributed by atoms with Gasteiger partial charge in [0, 0.05) is 24.5 Å². The van der Waals surface area contributed by atoms with E-state index >= 15 is 0 Å². The summed E-state index contributed by atoms with van der Waals surface area (Å²) in [6, 6.07) is 7.99. The van der Waals surface area contributed by atoms with E-state index in [1.54, 1.807) is 32.0 Å². The Morgan fingerprint density at radius 1 is 0.788 bits per heavy atom. The van der Waals surface area contributed by atoms with Crippen molar-refractivity contribution < 1.29 is 19.7 Å². The molecule has 0 atom stereocenters. The molecule has 0 radical (unpaired) electrons. The first-order valence-corrected chi connectivity index (χ1v) is 10.8. The van der Waals surface area contributed by atoms with Crippen molar-refractivity contribution in [2.75, 3.05) is 14.2 Å². The van der Waals surface area contributed by atoms with Gasteiger partial charge in [0.2, 0.25) is 0 Å². The van der Waals surface area contributed by atoms with E-state index in [0.29, 0.717) is 41.5 Å². The second kappa shape index (κ2) is 9.44. The Morgan fingerprint density at radius 3 is 1.64 bits per heavy atom. The first-order chi connectivity index (χ1) is 15.7. The Kier molecular flexibility index (Phi) is 6.86. The van der Waals surface area contributed by atoms with Crippen LogP contribution in [0.4, 0.5) is 0 Å². The molecule has 0 unspecified atom stereocenters. The van der Waals surface area contributed by atoms with Crippen LogP contribution in [0.5, 0.6) is 23.0 Å². The van der Waals surface area contributed by atoms with Crippen LogP contribution in [0.2, 0.25) is 0 Å². The molecule has 33 heavy (non-hydrogen) atoms. The Morgan fingerprint density at radius 2 is 1.24 bits per heavy atom. The monoisotopic (exact) mass is 454 g/mol. The topological polar surface area (TPSA) is 103 Å². The van der Waals surface area contributed by atoms with Crippen LogP contribution in [0.1, 0.15) is 47.8 Å². The molecule has 2 heterocycles. The van der Waals surface area contributed by atoms with E-state index in [2.05, 4.69) is 0 Å². The van der Waals surface area contributed by atoms with E-state index in [0.717, 1.165) is 0 Å². The number of rotatable bonds is 7. The van der Waals surface area contributed by atoms with Crippen molar-refractivity contribution in [1.29, 1.82) is 0 Å². The Balaban J connectivity index is 2.49. The van der Waals surface area contributed by atoms with E-state index in [1.807, 2.05) is 13.8 Å². The van der Waals surface area contributed by atoms with Gasteiger partial charge in [0.1, 0.15) is 11.5 Å². The molecule has 2 N–H and O–H groups in total. The van der Waals surface area contributed by atoms with Gasteiger partial charge in [0.25, 0.3) is 11.1 Å². The molecular formula is C25H30N2O6. The fourth-order valence-corrected chi connectivity index (χ4v) is 4.38. The molecule has 0 saturated heterocycles. The lowest BCUT2D eigenvalue weighted by Gasteiger charge is -2.23. The third-order valence-electron chi connectivity index (χ3n) is 6.00. The molecule has 3 rings (SSSR count). The lowest BCUT2D eigenvalue weighted by molar-refractivity contribution is 0.354. The van der Waals surface area contributed by atoms with Crippen LogP contribution in [-0.4, -0.2) is 33.6 Å². The van der Waals surface area contributed by atoms with E-state index in [9.17, 15) is 19.8 Å². The zero-order chi connectivity index (χ0) is 24.4. The van der Waals surface area contributed by atoms with Gasteiger partial charge in [-0.2, -0.15) is 0 Å². The summed E-state index contributed by atoms with van der Waals surface area (Å²) in [6.07, 6.45) is 0. The normalized spacial score (nSPS) is 11.1. The van der Waals surface area contributed by atoms with Crippen molar-refractivity contribution in [2.24, 2.45) is 0 Å². The summed E-state index contributed by atoms with van der Waals surface area (Å²) in [5.74, 6) is -0.668. The molecule has 0 aliphatic heterocycles. The van der Waals surface area contributed by atoms with E-state index < -0.39 is 17.0 Å². The average molecular weight is 455 g/mol. The molecule has 0 fully saturated rings. The highest BCUT2D eigenvalue weighted by Gasteiger charge is 2.31. The van der Waals surface area contributed by atoms with Gasteiger partial charge >= 0.3 is 0 Å². The number of hydrogen-bond donors (Lipinski definition) is 2. The van der Waals surface area contributed by atoms with Crippen LogP contribution in [-0.2, 0) is 13.1 Å². The van der Waals surface area contributed by atoms with Crippen LogP contribution in [0, 0.1) is 13.8 Å². The molecule has 0 bridgehead atoms. The lowest BCUT2D eigenvalue weighted by atomic mass is 9.84. The Hall–Kier alpha value is -3.68. The van der Waals surface area contributed by atoms with Crippen LogP contribution in [0.15, 0.2) is 39.9 Å². The largest absolute Gasteiger partial charge is 0.507 e. The number of benzene rings is 1. The number of aryl methyl sites for hydroxylation is 2. The number of methoxy groups -OCH3 is 2. The third kappa shape index (κ3) is 4.08. The number of nitrogens with zero attached hydrogens (tertiary/aromatic N) is 2. The molecule has 1 aromatic carbocycles. The fourth-order valence-electron chi connectivity index (χ4n) is 4.38. The molecule has 3 aromatic rings. The number of ether oxygens (including phenoxy) is 2. The van der Waals surface area contributed by atoms with Gasteiger partial charge in [-0.05, 0) is 57.5 Å². The van der Waals surface area contributed by atoms with Crippen molar-refractivity contribution >= 4 is 0 Å². The van der Waals surface area contributed by atoms with Crippen LogP contribution in [0.25, 0.3) is 0 Å². The summed E-state index contributed by atoms with van der Waals surface area (Å²) in [6.45, 7) is 7.88. The second-order valence-electron chi connectivity index (χ2n) is 7.82. The van der Waals surface area contributed by atoms with Gasteiger partial charge in [0.05, 0.1) is 31.3 Å². The highest BCUT2D eigenvalue weighted by atomic mass is 16.5. The van der Waals surface area contributed by atoms with Crippen molar-refractivity contribution in [3.8, 4) is 23.0 Å². The summed E-state index contributed by atoms with van der Waals surface area (Å²) in [7, 11) is 2.99. The SMILES string of the molecule is CCn1c(C)cc(O)c(C(c2ccc(OC)c(OC)c2)c2c(O)cc(C)n(CC)c2=O)c1=O. The maximum absolute atomic E-state index is 13.5. The first-order valence-electron chi connectivity index (χ1n) is 10.8. The quantitative estimate of drug-likeness (QED) is 0.568. The number of pyridine rings is 2. The summed E-state index contributed by atoms with van der Waals surface area (Å²) >= 11 is 0. The summed E-state index contributed by atoms with van der Waals surface area (Å²) in [5, 5.41) is 21.8. The highest BCUT2D eigenvalue weighted by molar-refractivity contribution is 5.55. The lowest BCUT2D eigenvalue weighted by Crippen LogP contribution is -2.32. The number of hydrogen-bond acceptors (Lipinski definition) is 6. The predicted molar refractivity (Wildman–Crippen MR) is 126 cm³/mol. The Labute approximate surface area is 192 Å². The molecule has 0 saturated carbocycles. The minimum absolute atomic E-state index is 0.00794. The molecule has 0 aliphatic carbocycles. The molecule has 0 spiro atoms. The van der Waals surface area contributed by atoms with Gasteiger partial charge in [0.15, 0.2) is 11.5 Å². The van der Waals surface area contributed by atoms with Gasteiger partial charge in [-0.1, -0.05) is 6.07 Å².